The zero-order valence-corrected chi connectivity index (χ0v) is 20.4. The third-order valence-corrected chi connectivity index (χ3v) is 7.93. The molecule has 0 radical (unpaired) electrons. The Bertz CT molecular complexity index is 1150. The number of halogens is 1. The molecule has 3 fully saturated rings. The molecule has 0 bridgehead atoms. The van der Waals surface area contributed by atoms with E-state index in [1.54, 1.807) is 0 Å². The molecule has 4 aliphatic heterocycles. The summed E-state index contributed by atoms with van der Waals surface area (Å²) in [5.74, 6) is 1.56. The molecule has 1 N–H and O–H groups in total. The Hall–Kier alpha value is -3.17. The van der Waals surface area contributed by atoms with Gasteiger partial charge in [0.05, 0.1) is 36.3 Å². The van der Waals surface area contributed by atoms with Gasteiger partial charge in [0.15, 0.2) is 5.82 Å². The summed E-state index contributed by atoms with van der Waals surface area (Å²) in [4.78, 5) is 22.5. The van der Waals surface area contributed by atoms with Crippen LogP contribution in [0.25, 0.3) is 0 Å². The topological polar surface area (TPSA) is 70.2 Å². The van der Waals surface area contributed by atoms with Gasteiger partial charge in [-0.2, -0.15) is 0 Å². The molecule has 1 aromatic heterocycles. The lowest BCUT2D eigenvalue weighted by molar-refractivity contribution is -0.133. The van der Waals surface area contributed by atoms with Crippen LogP contribution in [-0.2, 0) is 16.1 Å². The third-order valence-electron chi connectivity index (χ3n) is 7.93. The SMILES string of the molecule is C=CC(=O)N1CC(N2CCC(c3ccc4c(c3)Nc3ncc(F)c(N5CCOCC5)c3CO4)CC2)C1. The van der Waals surface area contributed by atoms with Gasteiger partial charge < -0.3 is 24.6 Å². The van der Waals surface area contributed by atoms with Crippen molar-refractivity contribution >= 4 is 23.1 Å². The molecule has 1 amide bonds. The van der Waals surface area contributed by atoms with Crippen LogP contribution in [0.15, 0.2) is 37.1 Å². The second-order valence-electron chi connectivity index (χ2n) is 9.96. The molecule has 0 spiro atoms. The molecule has 0 unspecified atom stereocenters. The van der Waals surface area contributed by atoms with Crippen LogP contribution in [0.1, 0.15) is 29.9 Å². The van der Waals surface area contributed by atoms with Crippen molar-refractivity contribution in [2.75, 3.05) is 62.7 Å². The lowest BCUT2D eigenvalue weighted by Gasteiger charge is -2.47. The summed E-state index contributed by atoms with van der Waals surface area (Å²) in [7, 11) is 0. The number of pyridine rings is 1. The van der Waals surface area contributed by atoms with E-state index in [1.165, 1.54) is 17.8 Å². The normalized spacial score (nSPS) is 20.9. The first-order valence-electron chi connectivity index (χ1n) is 12.8. The van der Waals surface area contributed by atoms with Gasteiger partial charge in [0.1, 0.15) is 18.2 Å². The molecule has 2 aromatic rings. The number of nitrogens with zero attached hydrogens (tertiary/aromatic N) is 4. The lowest BCUT2D eigenvalue weighted by atomic mass is 9.88. The lowest BCUT2D eigenvalue weighted by Crippen LogP contribution is -2.61. The van der Waals surface area contributed by atoms with Crippen molar-refractivity contribution in [1.82, 2.24) is 14.8 Å². The standard InChI is InChI=1S/C27H32FN5O3/c1-2-25(34)33-15-20(16-33)31-7-5-18(6-8-31)19-3-4-24-23(13-19)30-27-21(17-36-24)26(22(28)14-29-27)32-9-11-35-12-10-32/h2-4,13-14,18,20H,1,5-12,15-17H2,(H,29,30). The number of fused-ring (bicyclic) bond motifs is 2. The number of carbonyl (C=O) groups excluding carboxylic acids is 1. The Morgan fingerprint density at radius 3 is 2.69 bits per heavy atom. The number of ether oxygens (including phenoxy) is 2. The summed E-state index contributed by atoms with van der Waals surface area (Å²) >= 11 is 0. The van der Waals surface area contributed by atoms with Crippen LogP contribution in [0.3, 0.4) is 0 Å². The Balaban J connectivity index is 1.15. The van der Waals surface area contributed by atoms with Gasteiger partial charge in [0.2, 0.25) is 5.91 Å². The van der Waals surface area contributed by atoms with Crippen molar-refractivity contribution in [3.8, 4) is 5.75 Å². The number of amides is 1. The number of morpholine rings is 1. The minimum Gasteiger partial charge on any atom is -0.486 e. The van der Waals surface area contributed by atoms with Crippen molar-refractivity contribution < 1.29 is 18.7 Å². The summed E-state index contributed by atoms with van der Waals surface area (Å²) in [6.07, 6.45) is 4.84. The fourth-order valence-electron chi connectivity index (χ4n) is 5.79. The van der Waals surface area contributed by atoms with Crippen LogP contribution in [0.2, 0.25) is 0 Å². The summed E-state index contributed by atoms with van der Waals surface area (Å²) in [6.45, 7) is 9.95. The van der Waals surface area contributed by atoms with Crippen LogP contribution in [-0.4, -0.2) is 79.2 Å². The number of piperidine rings is 1. The van der Waals surface area contributed by atoms with E-state index in [4.69, 9.17) is 9.47 Å². The van der Waals surface area contributed by atoms with Gasteiger partial charge in [0.25, 0.3) is 0 Å². The molecule has 0 aliphatic carbocycles. The molecule has 0 saturated carbocycles. The molecule has 190 valence electrons. The number of benzene rings is 1. The Labute approximate surface area is 210 Å². The number of hydrogen-bond acceptors (Lipinski definition) is 7. The van der Waals surface area contributed by atoms with Crippen LogP contribution in [0, 0.1) is 5.82 Å². The summed E-state index contributed by atoms with van der Waals surface area (Å²) in [6, 6.07) is 6.80. The van der Waals surface area contributed by atoms with Crippen molar-refractivity contribution in [1.29, 1.82) is 0 Å². The molecule has 9 heteroatoms. The quantitative estimate of drug-likeness (QED) is 0.656. The number of nitrogens with one attached hydrogen (secondary N) is 1. The van der Waals surface area contributed by atoms with E-state index >= 15 is 0 Å². The third kappa shape index (κ3) is 4.30. The Morgan fingerprint density at radius 1 is 1.17 bits per heavy atom. The Kier molecular flexibility index (Phi) is 6.27. The van der Waals surface area contributed by atoms with Crippen LogP contribution in [0.4, 0.5) is 21.6 Å². The number of carbonyl (C=O) groups is 1. The summed E-state index contributed by atoms with van der Waals surface area (Å²) in [5, 5.41) is 3.44. The molecule has 0 atom stereocenters. The maximum atomic E-state index is 14.9. The van der Waals surface area contributed by atoms with E-state index < -0.39 is 0 Å². The number of rotatable bonds is 4. The fraction of sp³-hybridized carbons (Fsp3) is 0.481. The zero-order valence-electron chi connectivity index (χ0n) is 20.4. The number of likely N-dealkylation sites (tertiary alicyclic amines) is 2. The van der Waals surface area contributed by atoms with Crippen LogP contribution < -0.4 is 15.0 Å². The molecule has 4 aliphatic rings. The van der Waals surface area contributed by atoms with Gasteiger partial charge in [-0.15, -0.1) is 0 Å². The van der Waals surface area contributed by atoms with Crippen molar-refractivity contribution in [2.24, 2.45) is 0 Å². The Morgan fingerprint density at radius 2 is 1.94 bits per heavy atom. The maximum Gasteiger partial charge on any atom is 0.246 e. The fourth-order valence-corrected chi connectivity index (χ4v) is 5.79. The second kappa shape index (κ2) is 9.71. The number of aromatic nitrogens is 1. The molecule has 3 saturated heterocycles. The molecule has 8 nitrogen and oxygen atoms in total. The molecule has 6 rings (SSSR count). The zero-order chi connectivity index (χ0) is 24.6. The van der Waals surface area contributed by atoms with Gasteiger partial charge in [-0.05, 0) is 55.6 Å². The highest BCUT2D eigenvalue weighted by atomic mass is 19.1. The molecule has 5 heterocycles. The number of hydrogen-bond donors (Lipinski definition) is 1. The minimum absolute atomic E-state index is 0.0247. The smallest absolute Gasteiger partial charge is 0.246 e. The van der Waals surface area contributed by atoms with Crippen molar-refractivity contribution in [2.45, 2.75) is 31.4 Å². The monoisotopic (exact) mass is 493 g/mol. The molecular formula is C27H32FN5O3. The largest absolute Gasteiger partial charge is 0.486 e. The van der Waals surface area contributed by atoms with E-state index in [2.05, 4.69) is 33.9 Å². The number of anilines is 3. The highest BCUT2D eigenvalue weighted by molar-refractivity contribution is 5.87. The minimum atomic E-state index is -0.331. The first kappa shape index (κ1) is 23.2. The maximum absolute atomic E-state index is 14.9. The van der Waals surface area contributed by atoms with Gasteiger partial charge in [-0.25, -0.2) is 9.37 Å². The van der Waals surface area contributed by atoms with Crippen LogP contribution >= 0.6 is 0 Å². The first-order chi connectivity index (χ1) is 17.6. The van der Waals surface area contributed by atoms with Gasteiger partial charge in [-0.3, -0.25) is 9.69 Å². The van der Waals surface area contributed by atoms with Crippen molar-refractivity contribution in [3.05, 3.63) is 54.0 Å². The molecule has 1 aromatic carbocycles. The van der Waals surface area contributed by atoms with E-state index in [1.807, 2.05) is 15.9 Å². The highest BCUT2D eigenvalue weighted by Gasteiger charge is 2.36. The van der Waals surface area contributed by atoms with E-state index in [0.717, 1.165) is 56.0 Å². The average molecular weight is 494 g/mol. The summed E-state index contributed by atoms with van der Waals surface area (Å²) in [5.41, 5.74) is 3.45. The highest BCUT2D eigenvalue weighted by Crippen LogP contribution is 2.40. The van der Waals surface area contributed by atoms with E-state index in [-0.39, 0.29) is 18.3 Å². The van der Waals surface area contributed by atoms with Crippen molar-refractivity contribution in [3.63, 3.8) is 0 Å². The predicted octanol–water partition coefficient (Wildman–Crippen LogP) is 3.27. The van der Waals surface area contributed by atoms with Gasteiger partial charge in [-0.1, -0.05) is 12.6 Å². The predicted molar refractivity (Wildman–Crippen MR) is 135 cm³/mol. The first-order valence-corrected chi connectivity index (χ1v) is 12.8. The molecular weight excluding hydrogens is 461 g/mol. The average Bonchev–Trinajstić information content (AvgIpc) is 3.07. The summed E-state index contributed by atoms with van der Waals surface area (Å²) < 4.78 is 26.5. The van der Waals surface area contributed by atoms with E-state index in [0.29, 0.717) is 49.8 Å². The second-order valence-corrected chi connectivity index (χ2v) is 9.96. The van der Waals surface area contributed by atoms with Gasteiger partial charge >= 0.3 is 0 Å². The van der Waals surface area contributed by atoms with Crippen LogP contribution in [0.5, 0.6) is 5.75 Å². The van der Waals surface area contributed by atoms with E-state index in [9.17, 15) is 9.18 Å². The molecule has 36 heavy (non-hydrogen) atoms. The van der Waals surface area contributed by atoms with Gasteiger partial charge in [0, 0.05) is 32.2 Å².